The van der Waals surface area contributed by atoms with Gasteiger partial charge in [0.25, 0.3) is 0 Å². The number of imide groups is 1. The van der Waals surface area contributed by atoms with Crippen LogP contribution in [0.15, 0.2) is 0 Å². The van der Waals surface area contributed by atoms with Gasteiger partial charge in [0.05, 0.1) is 12.1 Å². The molecule has 2 aliphatic heterocycles. The monoisotopic (exact) mass is 239 g/mol. The van der Waals surface area contributed by atoms with Crippen molar-refractivity contribution < 1.29 is 9.59 Å². The lowest BCUT2D eigenvalue weighted by atomic mass is 10.0. The van der Waals surface area contributed by atoms with Crippen molar-refractivity contribution in [2.45, 2.75) is 50.6 Å². The van der Waals surface area contributed by atoms with E-state index in [1.54, 1.807) is 0 Å². The predicted octanol–water partition coefficient (Wildman–Crippen LogP) is -0.0866. The molecule has 5 nitrogen and oxygen atoms in total. The highest BCUT2D eigenvalue weighted by molar-refractivity contribution is 6.00. The zero-order valence-electron chi connectivity index (χ0n) is 10.1. The third-order valence-electron chi connectivity index (χ3n) is 3.50. The Labute approximate surface area is 102 Å². The van der Waals surface area contributed by atoms with Crippen molar-refractivity contribution >= 4 is 11.8 Å². The summed E-state index contributed by atoms with van der Waals surface area (Å²) in [5.41, 5.74) is 0. The van der Waals surface area contributed by atoms with Crippen LogP contribution in [-0.2, 0) is 9.59 Å². The maximum atomic E-state index is 11.8. The lowest BCUT2D eigenvalue weighted by Gasteiger charge is -2.25. The molecule has 2 fully saturated rings. The van der Waals surface area contributed by atoms with Crippen LogP contribution in [0.1, 0.15) is 38.5 Å². The maximum Gasteiger partial charge on any atom is 0.243 e. The molecule has 3 N–H and O–H groups in total. The molecule has 0 spiro atoms. The quantitative estimate of drug-likeness (QED) is 0.589. The van der Waals surface area contributed by atoms with E-state index >= 15 is 0 Å². The summed E-state index contributed by atoms with van der Waals surface area (Å²) in [6, 6.07) is -0.368. The second-order valence-electron chi connectivity index (χ2n) is 4.86. The molecule has 2 amide bonds. The normalized spacial score (nSPS) is 29.6. The van der Waals surface area contributed by atoms with Gasteiger partial charge in [0.15, 0.2) is 0 Å². The molecule has 0 aromatic heterocycles. The van der Waals surface area contributed by atoms with E-state index in [0.29, 0.717) is 0 Å². The molecule has 0 saturated carbocycles. The number of hydrogen-bond donors (Lipinski definition) is 3. The summed E-state index contributed by atoms with van der Waals surface area (Å²) in [6.45, 7) is 1.74. The Morgan fingerprint density at radius 1 is 0.824 bits per heavy atom. The largest absolute Gasteiger partial charge is 0.306 e. The maximum absolute atomic E-state index is 11.8. The van der Waals surface area contributed by atoms with Gasteiger partial charge in [0.2, 0.25) is 11.8 Å². The van der Waals surface area contributed by atoms with Crippen LogP contribution in [0.4, 0.5) is 0 Å². The van der Waals surface area contributed by atoms with Gasteiger partial charge in [0.1, 0.15) is 0 Å². The number of rotatable bonds is 2. The van der Waals surface area contributed by atoms with Gasteiger partial charge in [-0.05, 0) is 38.8 Å². The fourth-order valence-electron chi connectivity index (χ4n) is 2.45. The van der Waals surface area contributed by atoms with E-state index in [4.69, 9.17) is 0 Å². The highest BCUT2D eigenvalue weighted by Crippen LogP contribution is 2.09. The van der Waals surface area contributed by atoms with E-state index < -0.39 is 0 Å². The van der Waals surface area contributed by atoms with E-state index in [-0.39, 0.29) is 23.9 Å². The SMILES string of the molecule is O=C(NC(=O)C1CCCCN1)C1CCCCN1. The number of carbonyl (C=O) groups excluding carboxylic acids is 2. The van der Waals surface area contributed by atoms with Crippen LogP contribution >= 0.6 is 0 Å². The Morgan fingerprint density at radius 3 is 1.65 bits per heavy atom. The van der Waals surface area contributed by atoms with Gasteiger partial charge in [-0.3, -0.25) is 14.9 Å². The van der Waals surface area contributed by atoms with Gasteiger partial charge in [-0.1, -0.05) is 12.8 Å². The van der Waals surface area contributed by atoms with Crippen molar-refractivity contribution in [3.05, 3.63) is 0 Å². The van der Waals surface area contributed by atoms with Crippen LogP contribution in [-0.4, -0.2) is 37.0 Å². The van der Waals surface area contributed by atoms with Gasteiger partial charge in [-0.2, -0.15) is 0 Å². The molecular weight excluding hydrogens is 218 g/mol. The molecule has 2 rings (SSSR count). The first kappa shape index (κ1) is 12.5. The summed E-state index contributed by atoms with van der Waals surface area (Å²) in [5, 5.41) is 8.80. The summed E-state index contributed by atoms with van der Waals surface area (Å²) < 4.78 is 0. The molecule has 2 saturated heterocycles. The number of carbonyl (C=O) groups is 2. The second-order valence-corrected chi connectivity index (χ2v) is 4.86. The summed E-state index contributed by atoms with van der Waals surface area (Å²) >= 11 is 0. The zero-order chi connectivity index (χ0) is 12.1. The van der Waals surface area contributed by atoms with E-state index in [1.807, 2.05) is 0 Å². The summed E-state index contributed by atoms with van der Waals surface area (Å²) in [4.78, 5) is 23.7. The van der Waals surface area contributed by atoms with Crippen molar-refractivity contribution in [2.75, 3.05) is 13.1 Å². The molecule has 0 bridgehead atoms. The predicted molar refractivity (Wildman–Crippen MR) is 64.4 cm³/mol. The van der Waals surface area contributed by atoms with Crippen molar-refractivity contribution in [3.8, 4) is 0 Å². The Kier molecular flexibility index (Phi) is 4.50. The number of piperidine rings is 2. The number of nitrogens with one attached hydrogen (secondary N) is 3. The van der Waals surface area contributed by atoms with Crippen LogP contribution in [0.5, 0.6) is 0 Å². The van der Waals surface area contributed by atoms with Gasteiger partial charge in [-0.15, -0.1) is 0 Å². The molecule has 2 unspecified atom stereocenters. The molecule has 17 heavy (non-hydrogen) atoms. The van der Waals surface area contributed by atoms with Gasteiger partial charge in [-0.25, -0.2) is 0 Å². The molecule has 0 aliphatic carbocycles. The van der Waals surface area contributed by atoms with Gasteiger partial charge < -0.3 is 10.6 Å². The van der Waals surface area contributed by atoms with Crippen molar-refractivity contribution in [3.63, 3.8) is 0 Å². The molecule has 5 heteroatoms. The smallest absolute Gasteiger partial charge is 0.243 e. The first-order valence-electron chi connectivity index (χ1n) is 6.59. The van der Waals surface area contributed by atoms with Crippen LogP contribution in [0, 0.1) is 0 Å². The highest BCUT2D eigenvalue weighted by atomic mass is 16.2. The third-order valence-corrected chi connectivity index (χ3v) is 3.50. The number of hydrogen-bond acceptors (Lipinski definition) is 4. The van der Waals surface area contributed by atoms with E-state index in [2.05, 4.69) is 16.0 Å². The topological polar surface area (TPSA) is 70.2 Å². The molecule has 0 radical (unpaired) electrons. The standard InChI is InChI=1S/C12H21N3O2/c16-11(9-5-1-3-7-13-9)15-12(17)10-6-2-4-8-14-10/h9-10,13-14H,1-8H2,(H,15,16,17). The molecular formula is C12H21N3O2. The first-order valence-corrected chi connectivity index (χ1v) is 6.59. The van der Waals surface area contributed by atoms with Crippen molar-refractivity contribution in [1.82, 2.24) is 16.0 Å². The van der Waals surface area contributed by atoms with Crippen molar-refractivity contribution in [2.24, 2.45) is 0 Å². The Morgan fingerprint density at radius 2 is 1.29 bits per heavy atom. The van der Waals surface area contributed by atoms with Gasteiger partial charge >= 0.3 is 0 Å². The molecule has 96 valence electrons. The summed E-state index contributed by atoms with van der Waals surface area (Å²) in [5.74, 6) is -0.329. The summed E-state index contributed by atoms with van der Waals surface area (Å²) in [7, 11) is 0. The summed E-state index contributed by atoms with van der Waals surface area (Å²) in [6.07, 6.45) is 6.00. The van der Waals surface area contributed by atoms with Gasteiger partial charge in [0, 0.05) is 0 Å². The fraction of sp³-hybridized carbons (Fsp3) is 0.833. The Balaban J connectivity index is 1.78. The Bertz CT molecular complexity index is 253. The third kappa shape index (κ3) is 3.51. The average molecular weight is 239 g/mol. The lowest BCUT2D eigenvalue weighted by molar-refractivity contribution is -0.133. The minimum absolute atomic E-state index is 0.165. The molecule has 0 aromatic rings. The molecule has 2 heterocycles. The van der Waals surface area contributed by atoms with E-state index in [0.717, 1.165) is 51.6 Å². The minimum atomic E-state index is -0.184. The highest BCUT2D eigenvalue weighted by Gasteiger charge is 2.26. The lowest BCUT2D eigenvalue weighted by Crippen LogP contribution is -2.53. The van der Waals surface area contributed by atoms with Crippen LogP contribution in [0.25, 0.3) is 0 Å². The first-order chi connectivity index (χ1) is 8.27. The van der Waals surface area contributed by atoms with Crippen LogP contribution < -0.4 is 16.0 Å². The van der Waals surface area contributed by atoms with E-state index in [1.165, 1.54) is 0 Å². The molecule has 0 aromatic carbocycles. The zero-order valence-corrected chi connectivity index (χ0v) is 10.1. The fourth-order valence-corrected chi connectivity index (χ4v) is 2.45. The average Bonchev–Trinajstić information content (AvgIpc) is 2.40. The molecule has 2 aliphatic rings. The van der Waals surface area contributed by atoms with Crippen LogP contribution in [0.2, 0.25) is 0 Å². The minimum Gasteiger partial charge on any atom is -0.306 e. The molecule has 2 atom stereocenters. The van der Waals surface area contributed by atoms with E-state index in [9.17, 15) is 9.59 Å². The van der Waals surface area contributed by atoms with Crippen LogP contribution in [0.3, 0.4) is 0 Å². The second kappa shape index (κ2) is 6.12. The van der Waals surface area contributed by atoms with Crippen molar-refractivity contribution in [1.29, 1.82) is 0 Å². The Hall–Kier alpha value is -0.940. The number of amides is 2.